The third-order valence-electron chi connectivity index (χ3n) is 3.53. The van der Waals surface area contributed by atoms with Crippen molar-refractivity contribution in [1.82, 2.24) is 4.31 Å². The van der Waals surface area contributed by atoms with Crippen LogP contribution in [0.5, 0.6) is 0 Å². The highest BCUT2D eigenvalue weighted by atomic mass is 35.5. The molecule has 1 saturated heterocycles. The molecule has 0 aliphatic carbocycles. The maximum absolute atomic E-state index is 13.7. The van der Waals surface area contributed by atoms with Gasteiger partial charge in [0, 0.05) is 18.7 Å². The van der Waals surface area contributed by atoms with Crippen molar-refractivity contribution >= 4 is 21.6 Å². The average Bonchev–Trinajstić information content (AvgIpc) is 2.73. The molecular weight excluding hydrogens is 305 g/mol. The van der Waals surface area contributed by atoms with Gasteiger partial charge < -0.3 is 5.11 Å². The summed E-state index contributed by atoms with van der Waals surface area (Å²) in [6, 6.07) is 2.13. The number of hydrogen-bond acceptors (Lipinski definition) is 3. The van der Waals surface area contributed by atoms with E-state index in [2.05, 4.69) is 0 Å². The number of halogens is 2. The molecule has 0 unspecified atom stereocenters. The van der Waals surface area contributed by atoms with Crippen molar-refractivity contribution in [3.05, 3.63) is 28.5 Å². The molecular formula is C13H17ClFNO3S. The summed E-state index contributed by atoms with van der Waals surface area (Å²) in [5, 5.41) is 8.88. The van der Waals surface area contributed by atoms with Gasteiger partial charge in [-0.25, -0.2) is 12.8 Å². The smallest absolute Gasteiger partial charge is 0.243 e. The molecule has 1 aromatic rings. The molecule has 0 spiro atoms. The van der Waals surface area contributed by atoms with E-state index in [1.807, 2.05) is 13.8 Å². The van der Waals surface area contributed by atoms with E-state index in [0.717, 1.165) is 12.5 Å². The molecule has 0 amide bonds. The molecule has 20 heavy (non-hydrogen) atoms. The highest BCUT2D eigenvalue weighted by molar-refractivity contribution is 7.89. The molecule has 0 atom stereocenters. The summed E-state index contributed by atoms with van der Waals surface area (Å²) < 4.78 is 40.0. The number of aliphatic hydroxyl groups is 1. The molecule has 1 fully saturated rings. The van der Waals surface area contributed by atoms with E-state index in [1.54, 1.807) is 0 Å². The summed E-state index contributed by atoms with van der Waals surface area (Å²) in [6.07, 6.45) is 0.759. The fourth-order valence-electron chi connectivity index (χ4n) is 2.30. The van der Waals surface area contributed by atoms with Gasteiger partial charge in [0.05, 0.1) is 16.5 Å². The highest BCUT2D eigenvalue weighted by Crippen LogP contribution is 2.34. The largest absolute Gasteiger partial charge is 0.392 e. The first-order valence-electron chi connectivity index (χ1n) is 6.26. The fourth-order valence-corrected chi connectivity index (χ4v) is 4.16. The highest BCUT2D eigenvalue weighted by Gasteiger charge is 2.37. The molecule has 0 saturated carbocycles. The first-order valence-corrected chi connectivity index (χ1v) is 8.08. The fraction of sp³-hybridized carbons (Fsp3) is 0.538. The van der Waals surface area contributed by atoms with E-state index in [4.69, 9.17) is 16.7 Å². The van der Waals surface area contributed by atoms with Gasteiger partial charge in [-0.3, -0.25) is 0 Å². The predicted octanol–water partition coefficient (Wildman–Crippen LogP) is 2.39. The monoisotopic (exact) mass is 321 g/mol. The van der Waals surface area contributed by atoms with Crippen molar-refractivity contribution in [3.63, 3.8) is 0 Å². The van der Waals surface area contributed by atoms with Gasteiger partial charge in [0.15, 0.2) is 0 Å². The molecule has 1 heterocycles. The van der Waals surface area contributed by atoms with Crippen LogP contribution in [0.25, 0.3) is 0 Å². The summed E-state index contributed by atoms with van der Waals surface area (Å²) in [6.45, 7) is 4.28. The van der Waals surface area contributed by atoms with Crippen LogP contribution in [0.15, 0.2) is 17.0 Å². The van der Waals surface area contributed by atoms with Crippen LogP contribution in [0.4, 0.5) is 4.39 Å². The molecule has 4 nitrogen and oxygen atoms in total. The lowest BCUT2D eigenvalue weighted by molar-refractivity contribution is 0.281. The third kappa shape index (κ3) is 2.83. The average molecular weight is 322 g/mol. The van der Waals surface area contributed by atoms with Crippen molar-refractivity contribution in [2.24, 2.45) is 5.41 Å². The van der Waals surface area contributed by atoms with Gasteiger partial charge in [0.1, 0.15) is 5.82 Å². The van der Waals surface area contributed by atoms with Gasteiger partial charge >= 0.3 is 0 Å². The van der Waals surface area contributed by atoms with Gasteiger partial charge in [0.25, 0.3) is 0 Å². The van der Waals surface area contributed by atoms with E-state index in [9.17, 15) is 12.8 Å². The van der Waals surface area contributed by atoms with Crippen molar-refractivity contribution in [1.29, 1.82) is 0 Å². The molecule has 2 rings (SSSR count). The quantitative estimate of drug-likeness (QED) is 0.930. The number of hydrogen-bond donors (Lipinski definition) is 1. The number of rotatable bonds is 3. The van der Waals surface area contributed by atoms with Crippen LogP contribution in [0.2, 0.25) is 5.02 Å². The third-order valence-corrected chi connectivity index (χ3v) is 5.77. The molecule has 0 aromatic heterocycles. The molecule has 1 aliphatic heterocycles. The Hall–Kier alpha value is -0.690. The number of sulfonamides is 1. The maximum Gasteiger partial charge on any atom is 0.243 e. The van der Waals surface area contributed by atoms with Gasteiger partial charge in [0.2, 0.25) is 10.0 Å². The lowest BCUT2D eigenvalue weighted by Crippen LogP contribution is -2.30. The number of aliphatic hydroxyl groups excluding tert-OH is 1. The first kappa shape index (κ1) is 15.7. The Labute approximate surface area is 123 Å². The van der Waals surface area contributed by atoms with E-state index in [0.29, 0.717) is 13.1 Å². The molecule has 1 aromatic carbocycles. The van der Waals surface area contributed by atoms with E-state index < -0.39 is 22.4 Å². The second kappa shape index (κ2) is 5.26. The van der Waals surface area contributed by atoms with Crippen molar-refractivity contribution in [2.75, 3.05) is 13.1 Å². The van der Waals surface area contributed by atoms with Crippen molar-refractivity contribution < 1.29 is 17.9 Å². The summed E-state index contributed by atoms with van der Waals surface area (Å²) in [4.78, 5) is -0.166. The van der Waals surface area contributed by atoms with Crippen molar-refractivity contribution in [3.8, 4) is 0 Å². The number of benzene rings is 1. The summed E-state index contributed by atoms with van der Waals surface area (Å²) in [5.41, 5.74) is -0.0126. The Balaban J connectivity index is 2.43. The van der Waals surface area contributed by atoms with Gasteiger partial charge in [-0.05, 0) is 24.0 Å². The molecule has 0 radical (unpaired) electrons. The Kier molecular flexibility index (Phi) is 4.12. The Morgan fingerprint density at radius 3 is 2.60 bits per heavy atom. The van der Waals surface area contributed by atoms with Gasteiger partial charge in [-0.2, -0.15) is 4.31 Å². The van der Waals surface area contributed by atoms with E-state index in [-0.39, 0.29) is 20.9 Å². The normalized spacial score (nSPS) is 19.4. The molecule has 1 N–H and O–H groups in total. The summed E-state index contributed by atoms with van der Waals surface area (Å²) in [7, 11) is -3.76. The topological polar surface area (TPSA) is 57.6 Å². The standard InChI is InChI=1S/C13H17ClFNO3S/c1-13(2)3-4-16(8-13)20(18,19)10-5-9(7-17)12(14)11(15)6-10/h5-6,17H,3-4,7-8H2,1-2H3. The Morgan fingerprint density at radius 2 is 2.10 bits per heavy atom. The van der Waals surface area contributed by atoms with Crippen molar-refractivity contribution in [2.45, 2.75) is 31.8 Å². The zero-order chi connectivity index (χ0) is 15.1. The van der Waals surface area contributed by atoms with Gasteiger partial charge in [-0.15, -0.1) is 0 Å². The molecule has 0 bridgehead atoms. The lowest BCUT2D eigenvalue weighted by atomic mass is 9.93. The van der Waals surface area contributed by atoms with Crippen LogP contribution in [-0.4, -0.2) is 30.9 Å². The summed E-state index contributed by atoms with van der Waals surface area (Å²) >= 11 is 5.68. The van der Waals surface area contributed by atoms with Crippen LogP contribution in [0.1, 0.15) is 25.8 Å². The Bertz CT molecular complexity index is 631. The van der Waals surface area contributed by atoms with Gasteiger partial charge in [-0.1, -0.05) is 25.4 Å². The zero-order valence-electron chi connectivity index (χ0n) is 11.4. The van der Waals surface area contributed by atoms with Crippen LogP contribution < -0.4 is 0 Å². The number of nitrogens with zero attached hydrogens (tertiary/aromatic N) is 1. The zero-order valence-corrected chi connectivity index (χ0v) is 12.9. The van der Waals surface area contributed by atoms with Crippen LogP contribution in [-0.2, 0) is 16.6 Å². The maximum atomic E-state index is 13.7. The predicted molar refractivity (Wildman–Crippen MR) is 74.5 cm³/mol. The Morgan fingerprint density at radius 1 is 1.45 bits per heavy atom. The van der Waals surface area contributed by atoms with E-state index >= 15 is 0 Å². The minimum Gasteiger partial charge on any atom is -0.392 e. The first-order chi connectivity index (χ1) is 9.17. The minimum atomic E-state index is -3.76. The lowest BCUT2D eigenvalue weighted by Gasteiger charge is -2.20. The van der Waals surface area contributed by atoms with E-state index in [1.165, 1.54) is 10.4 Å². The SMILES string of the molecule is CC1(C)CCN(S(=O)(=O)c2cc(F)c(Cl)c(CO)c2)C1. The van der Waals surface area contributed by atoms with Crippen LogP contribution >= 0.6 is 11.6 Å². The van der Waals surface area contributed by atoms with Crippen LogP contribution in [0, 0.1) is 11.2 Å². The molecule has 7 heteroatoms. The summed E-state index contributed by atoms with van der Waals surface area (Å²) in [5.74, 6) is -0.838. The minimum absolute atomic E-state index is 0.0729. The second-order valence-electron chi connectivity index (χ2n) is 5.79. The molecule has 1 aliphatic rings. The van der Waals surface area contributed by atoms with Crippen LogP contribution in [0.3, 0.4) is 0 Å². The second-order valence-corrected chi connectivity index (χ2v) is 8.11. The molecule has 112 valence electrons.